The van der Waals surface area contributed by atoms with Crippen LogP contribution in [0.3, 0.4) is 0 Å². The summed E-state index contributed by atoms with van der Waals surface area (Å²) in [6.45, 7) is 4.63. The van der Waals surface area contributed by atoms with E-state index in [1.54, 1.807) is 0 Å². The summed E-state index contributed by atoms with van der Waals surface area (Å²) in [6, 6.07) is 21.3. The van der Waals surface area contributed by atoms with Crippen LogP contribution in [0, 0.1) is 5.92 Å². The zero-order chi connectivity index (χ0) is 16.4. The summed E-state index contributed by atoms with van der Waals surface area (Å²) in [5.74, 6) is 0.811. The number of piperidine rings is 1. The third-order valence-electron chi connectivity index (χ3n) is 5.20. The maximum Gasteiger partial charge on any atom is 0.0730 e. The smallest absolute Gasteiger partial charge is 0.0730 e. The van der Waals surface area contributed by atoms with Gasteiger partial charge in [-0.25, -0.2) is 4.98 Å². The summed E-state index contributed by atoms with van der Waals surface area (Å²) in [6.07, 6.45) is 3.92. The van der Waals surface area contributed by atoms with Crippen LogP contribution in [0.25, 0.3) is 22.2 Å². The SMILES string of the molecule is CCC1CCCN(c2cc(-c3ccccc3)nc3ccccc23)C1. The molecule has 0 amide bonds. The number of fused-ring (bicyclic) bond motifs is 1. The van der Waals surface area contributed by atoms with Crippen molar-refractivity contribution in [1.29, 1.82) is 0 Å². The van der Waals surface area contributed by atoms with Gasteiger partial charge in [0.2, 0.25) is 0 Å². The van der Waals surface area contributed by atoms with E-state index in [-0.39, 0.29) is 0 Å². The van der Waals surface area contributed by atoms with Gasteiger partial charge in [0.25, 0.3) is 0 Å². The molecule has 0 N–H and O–H groups in total. The number of aromatic nitrogens is 1. The molecular weight excluding hydrogens is 292 g/mol. The lowest BCUT2D eigenvalue weighted by Crippen LogP contribution is -2.35. The number of anilines is 1. The molecule has 2 heteroatoms. The quantitative estimate of drug-likeness (QED) is 0.631. The van der Waals surface area contributed by atoms with Crippen LogP contribution < -0.4 is 4.90 Å². The van der Waals surface area contributed by atoms with Crippen LogP contribution >= 0.6 is 0 Å². The molecule has 1 aromatic heterocycles. The minimum absolute atomic E-state index is 0.811. The Morgan fingerprint density at radius 2 is 1.83 bits per heavy atom. The molecule has 0 radical (unpaired) electrons. The van der Waals surface area contributed by atoms with Gasteiger partial charge in [-0.3, -0.25) is 0 Å². The Balaban J connectivity index is 1.84. The lowest BCUT2D eigenvalue weighted by molar-refractivity contribution is 0.405. The number of nitrogens with zero attached hydrogens (tertiary/aromatic N) is 2. The van der Waals surface area contributed by atoms with Crippen molar-refractivity contribution in [2.45, 2.75) is 26.2 Å². The molecule has 1 atom stereocenters. The summed E-state index contributed by atoms with van der Waals surface area (Å²) in [7, 11) is 0. The van der Waals surface area contributed by atoms with Gasteiger partial charge in [-0.15, -0.1) is 0 Å². The standard InChI is InChI=1S/C22H24N2/c1-2-17-9-8-14-24(16-17)22-15-21(18-10-4-3-5-11-18)23-20-13-7-6-12-19(20)22/h3-7,10-13,15,17H,2,8-9,14,16H2,1H3. The van der Waals surface area contributed by atoms with Crippen LogP contribution in [0.5, 0.6) is 0 Å². The number of rotatable bonds is 3. The number of hydrogen-bond acceptors (Lipinski definition) is 2. The highest BCUT2D eigenvalue weighted by Gasteiger charge is 2.21. The average Bonchev–Trinajstić information content (AvgIpc) is 2.68. The number of para-hydroxylation sites is 1. The third kappa shape index (κ3) is 2.89. The Morgan fingerprint density at radius 1 is 1.04 bits per heavy atom. The molecule has 2 heterocycles. The van der Waals surface area contributed by atoms with E-state index >= 15 is 0 Å². The summed E-state index contributed by atoms with van der Waals surface area (Å²) >= 11 is 0. The Morgan fingerprint density at radius 3 is 2.67 bits per heavy atom. The molecule has 4 rings (SSSR count). The van der Waals surface area contributed by atoms with Crippen LogP contribution in [0.15, 0.2) is 60.7 Å². The van der Waals surface area contributed by atoms with Crippen LogP contribution in [0.2, 0.25) is 0 Å². The van der Waals surface area contributed by atoms with Crippen molar-refractivity contribution in [3.63, 3.8) is 0 Å². The van der Waals surface area contributed by atoms with Crippen molar-refractivity contribution < 1.29 is 0 Å². The van der Waals surface area contributed by atoms with Crippen LogP contribution in [-0.2, 0) is 0 Å². The molecule has 1 saturated heterocycles. The van der Waals surface area contributed by atoms with Crippen molar-refractivity contribution in [2.24, 2.45) is 5.92 Å². The van der Waals surface area contributed by atoms with Crippen LogP contribution in [0.4, 0.5) is 5.69 Å². The molecule has 2 nitrogen and oxygen atoms in total. The molecule has 24 heavy (non-hydrogen) atoms. The fourth-order valence-corrected chi connectivity index (χ4v) is 3.79. The predicted molar refractivity (Wildman–Crippen MR) is 102 cm³/mol. The lowest BCUT2D eigenvalue weighted by atomic mass is 9.94. The summed E-state index contributed by atoms with van der Waals surface area (Å²) in [5, 5.41) is 1.27. The summed E-state index contributed by atoms with van der Waals surface area (Å²) in [5.41, 5.74) is 4.70. The molecule has 0 bridgehead atoms. The number of pyridine rings is 1. The number of hydrogen-bond donors (Lipinski definition) is 0. The topological polar surface area (TPSA) is 16.1 Å². The van der Waals surface area contributed by atoms with Gasteiger partial charge in [0.15, 0.2) is 0 Å². The second-order valence-corrected chi connectivity index (χ2v) is 6.77. The first kappa shape index (κ1) is 15.2. The molecule has 1 fully saturated rings. The van der Waals surface area contributed by atoms with Crippen molar-refractivity contribution >= 4 is 16.6 Å². The first-order valence-corrected chi connectivity index (χ1v) is 9.05. The Bertz CT molecular complexity index is 826. The normalized spacial score (nSPS) is 18.0. The van der Waals surface area contributed by atoms with E-state index in [1.165, 1.54) is 42.4 Å². The highest BCUT2D eigenvalue weighted by atomic mass is 15.1. The zero-order valence-corrected chi connectivity index (χ0v) is 14.3. The fourth-order valence-electron chi connectivity index (χ4n) is 3.79. The van der Waals surface area contributed by atoms with Crippen molar-refractivity contribution in [3.8, 4) is 11.3 Å². The van der Waals surface area contributed by atoms with E-state index in [2.05, 4.69) is 72.5 Å². The van der Waals surface area contributed by atoms with E-state index < -0.39 is 0 Å². The third-order valence-corrected chi connectivity index (χ3v) is 5.20. The summed E-state index contributed by atoms with van der Waals surface area (Å²) < 4.78 is 0. The second kappa shape index (κ2) is 6.64. The van der Waals surface area contributed by atoms with Gasteiger partial charge >= 0.3 is 0 Å². The van der Waals surface area contributed by atoms with E-state index in [4.69, 9.17) is 4.98 Å². The average molecular weight is 316 g/mol. The molecule has 0 saturated carbocycles. The van der Waals surface area contributed by atoms with Crippen molar-refractivity contribution in [3.05, 3.63) is 60.7 Å². The largest absolute Gasteiger partial charge is 0.371 e. The highest BCUT2D eigenvalue weighted by molar-refractivity contribution is 5.94. The first-order chi connectivity index (χ1) is 11.8. The molecular formula is C22H24N2. The second-order valence-electron chi connectivity index (χ2n) is 6.77. The fraction of sp³-hybridized carbons (Fsp3) is 0.318. The highest BCUT2D eigenvalue weighted by Crippen LogP contribution is 2.33. The summed E-state index contributed by atoms with van der Waals surface area (Å²) in [4.78, 5) is 7.49. The molecule has 0 aliphatic carbocycles. The van der Waals surface area contributed by atoms with Gasteiger partial charge in [0, 0.05) is 29.7 Å². The first-order valence-electron chi connectivity index (χ1n) is 9.05. The van der Waals surface area contributed by atoms with Crippen molar-refractivity contribution in [1.82, 2.24) is 4.98 Å². The van der Waals surface area contributed by atoms with Crippen LogP contribution in [0.1, 0.15) is 26.2 Å². The minimum atomic E-state index is 0.811. The Hall–Kier alpha value is -2.35. The van der Waals surface area contributed by atoms with Gasteiger partial charge in [-0.05, 0) is 30.9 Å². The van der Waals surface area contributed by atoms with E-state index in [0.717, 1.165) is 23.7 Å². The number of benzene rings is 2. The molecule has 1 unspecified atom stereocenters. The molecule has 1 aliphatic rings. The van der Waals surface area contributed by atoms with Crippen molar-refractivity contribution in [2.75, 3.05) is 18.0 Å². The molecule has 3 aromatic rings. The zero-order valence-electron chi connectivity index (χ0n) is 14.3. The Kier molecular flexibility index (Phi) is 4.20. The van der Waals surface area contributed by atoms with Crippen LogP contribution in [-0.4, -0.2) is 18.1 Å². The monoisotopic (exact) mass is 316 g/mol. The predicted octanol–water partition coefficient (Wildman–Crippen LogP) is 5.53. The minimum Gasteiger partial charge on any atom is -0.371 e. The van der Waals surface area contributed by atoms with E-state index in [9.17, 15) is 0 Å². The van der Waals surface area contributed by atoms with Gasteiger partial charge in [-0.2, -0.15) is 0 Å². The van der Waals surface area contributed by atoms with Gasteiger partial charge in [0.1, 0.15) is 0 Å². The van der Waals surface area contributed by atoms with E-state index in [1.807, 2.05) is 0 Å². The molecule has 0 spiro atoms. The molecule has 1 aliphatic heterocycles. The molecule has 2 aromatic carbocycles. The van der Waals surface area contributed by atoms with E-state index in [0.29, 0.717) is 0 Å². The van der Waals surface area contributed by atoms with Gasteiger partial charge in [-0.1, -0.05) is 61.9 Å². The maximum absolute atomic E-state index is 4.91. The lowest BCUT2D eigenvalue weighted by Gasteiger charge is -2.35. The maximum atomic E-state index is 4.91. The van der Waals surface area contributed by atoms with Gasteiger partial charge < -0.3 is 4.90 Å². The molecule has 122 valence electrons. The van der Waals surface area contributed by atoms with Gasteiger partial charge in [0.05, 0.1) is 11.2 Å². The Labute approximate surface area is 144 Å².